The predicted molar refractivity (Wildman–Crippen MR) is 111 cm³/mol. The second kappa shape index (κ2) is 9.17. The zero-order valence-corrected chi connectivity index (χ0v) is 17.0. The average molecular weight is 408 g/mol. The standard InChI is InChI=1S/C23H25FN4O2/c1-27-15-19(14-26-27)18-7-10-21(25-13-18)22-16-28(11-12-30-22)23(29)4-2-3-17-5-8-20(24)9-6-17/h5-10,13-15,22H,2-4,11-12,16H2,1H3/t22-/m0/s1. The number of rotatable bonds is 6. The molecule has 7 heteroatoms. The molecule has 1 amide bonds. The number of aryl methyl sites for hydroxylation is 2. The number of amides is 1. The van der Waals surface area contributed by atoms with Crippen LogP contribution in [0.15, 0.2) is 55.0 Å². The molecule has 6 nitrogen and oxygen atoms in total. The highest BCUT2D eigenvalue weighted by molar-refractivity contribution is 5.76. The Bertz CT molecular complexity index is 985. The molecule has 0 spiro atoms. The lowest BCUT2D eigenvalue weighted by atomic mass is 10.1. The normalized spacial score (nSPS) is 16.6. The van der Waals surface area contributed by atoms with Gasteiger partial charge in [0.05, 0.1) is 25.0 Å². The molecule has 0 saturated carbocycles. The van der Waals surface area contributed by atoms with Crippen molar-refractivity contribution in [3.8, 4) is 11.1 Å². The Morgan fingerprint density at radius 3 is 2.70 bits per heavy atom. The smallest absolute Gasteiger partial charge is 0.222 e. The third kappa shape index (κ3) is 4.91. The van der Waals surface area contributed by atoms with Crippen molar-refractivity contribution in [2.24, 2.45) is 7.05 Å². The van der Waals surface area contributed by atoms with Crippen LogP contribution in [0.25, 0.3) is 11.1 Å². The van der Waals surface area contributed by atoms with Gasteiger partial charge in [0.15, 0.2) is 0 Å². The molecule has 0 radical (unpaired) electrons. The largest absolute Gasteiger partial charge is 0.368 e. The Morgan fingerprint density at radius 2 is 2.00 bits per heavy atom. The summed E-state index contributed by atoms with van der Waals surface area (Å²) in [5.41, 5.74) is 3.88. The molecular weight excluding hydrogens is 383 g/mol. The van der Waals surface area contributed by atoms with Crippen LogP contribution in [0.1, 0.15) is 30.2 Å². The topological polar surface area (TPSA) is 60.2 Å². The zero-order valence-electron chi connectivity index (χ0n) is 17.0. The fourth-order valence-electron chi connectivity index (χ4n) is 3.64. The van der Waals surface area contributed by atoms with Crippen LogP contribution < -0.4 is 0 Å². The molecule has 1 atom stereocenters. The van der Waals surface area contributed by atoms with Crippen molar-refractivity contribution in [2.75, 3.05) is 19.7 Å². The lowest BCUT2D eigenvalue weighted by Gasteiger charge is -2.32. The molecule has 1 saturated heterocycles. The number of halogens is 1. The van der Waals surface area contributed by atoms with Gasteiger partial charge < -0.3 is 9.64 Å². The van der Waals surface area contributed by atoms with Crippen LogP contribution in [-0.2, 0) is 23.0 Å². The Balaban J connectivity index is 1.31. The number of ether oxygens (including phenoxy) is 1. The first-order valence-electron chi connectivity index (χ1n) is 10.2. The number of hydrogen-bond donors (Lipinski definition) is 0. The van der Waals surface area contributed by atoms with Gasteiger partial charge in [-0.05, 0) is 36.6 Å². The molecule has 4 rings (SSSR count). The van der Waals surface area contributed by atoms with E-state index in [0.717, 1.165) is 35.2 Å². The van der Waals surface area contributed by atoms with Gasteiger partial charge >= 0.3 is 0 Å². The summed E-state index contributed by atoms with van der Waals surface area (Å²) >= 11 is 0. The van der Waals surface area contributed by atoms with Gasteiger partial charge in [0.1, 0.15) is 11.9 Å². The average Bonchev–Trinajstić information content (AvgIpc) is 3.21. The van der Waals surface area contributed by atoms with Crippen molar-refractivity contribution in [3.05, 3.63) is 72.1 Å². The molecule has 0 aliphatic carbocycles. The molecular formula is C23H25FN4O2. The summed E-state index contributed by atoms with van der Waals surface area (Å²) in [6.45, 7) is 1.61. The van der Waals surface area contributed by atoms with E-state index in [-0.39, 0.29) is 17.8 Å². The van der Waals surface area contributed by atoms with Gasteiger partial charge in [0, 0.05) is 43.5 Å². The van der Waals surface area contributed by atoms with Crippen molar-refractivity contribution < 1.29 is 13.9 Å². The van der Waals surface area contributed by atoms with E-state index in [0.29, 0.717) is 26.1 Å². The van der Waals surface area contributed by atoms with E-state index in [2.05, 4.69) is 10.1 Å². The molecule has 156 valence electrons. The van der Waals surface area contributed by atoms with Crippen LogP contribution in [0.3, 0.4) is 0 Å². The third-order valence-corrected chi connectivity index (χ3v) is 5.34. The molecule has 0 unspecified atom stereocenters. The summed E-state index contributed by atoms with van der Waals surface area (Å²) in [6, 6.07) is 10.4. The maximum atomic E-state index is 13.0. The Hall–Kier alpha value is -3.06. The number of carbonyl (C=O) groups excluding carboxylic acids is 1. The number of pyridine rings is 1. The van der Waals surface area contributed by atoms with E-state index in [1.54, 1.807) is 23.0 Å². The van der Waals surface area contributed by atoms with Gasteiger partial charge in [-0.2, -0.15) is 5.10 Å². The molecule has 2 aromatic heterocycles. The number of benzene rings is 1. The van der Waals surface area contributed by atoms with Gasteiger partial charge in [-0.15, -0.1) is 0 Å². The van der Waals surface area contributed by atoms with E-state index < -0.39 is 0 Å². The summed E-state index contributed by atoms with van der Waals surface area (Å²) in [6.07, 6.45) is 7.32. The molecule has 0 bridgehead atoms. The summed E-state index contributed by atoms with van der Waals surface area (Å²) in [5.74, 6) is -0.117. The monoisotopic (exact) mass is 408 g/mol. The summed E-state index contributed by atoms with van der Waals surface area (Å²) in [5, 5.41) is 4.19. The highest BCUT2D eigenvalue weighted by Gasteiger charge is 2.26. The fraction of sp³-hybridized carbons (Fsp3) is 0.348. The molecule has 1 aliphatic heterocycles. The van der Waals surface area contributed by atoms with Gasteiger partial charge in [-0.1, -0.05) is 18.2 Å². The van der Waals surface area contributed by atoms with Crippen molar-refractivity contribution in [3.63, 3.8) is 0 Å². The second-order valence-corrected chi connectivity index (χ2v) is 7.55. The molecule has 3 aromatic rings. The first kappa shape index (κ1) is 20.2. The predicted octanol–water partition coefficient (Wildman–Crippen LogP) is 3.54. The Morgan fingerprint density at radius 1 is 1.17 bits per heavy atom. The summed E-state index contributed by atoms with van der Waals surface area (Å²) in [7, 11) is 1.88. The lowest BCUT2D eigenvalue weighted by molar-refractivity contribution is -0.139. The van der Waals surface area contributed by atoms with Gasteiger partial charge in [-0.25, -0.2) is 4.39 Å². The van der Waals surface area contributed by atoms with Crippen LogP contribution >= 0.6 is 0 Å². The van der Waals surface area contributed by atoms with E-state index in [1.807, 2.05) is 36.5 Å². The van der Waals surface area contributed by atoms with Crippen LogP contribution in [0.2, 0.25) is 0 Å². The maximum Gasteiger partial charge on any atom is 0.222 e. The van der Waals surface area contributed by atoms with Crippen molar-refractivity contribution in [1.82, 2.24) is 19.7 Å². The molecule has 0 N–H and O–H groups in total. The fourth-order valence-corrected chi connectivity index (χ4v) is 3.64. The number of morpholine rings is 1. The van der Waals surface area contributed by atoms with Gasteiger partial charge in [0.2, 0.25) is 5.91 Å². The minimum atomic E-state index is -0.240. The quantitative estimate of drug-likeness (QED) is 0.626. The first-order valence-corrected chi connectivity index (χ1v) is 10.2. The number of aromatic nitrogens is 3. The number of carbonyl (C=O) groups is 1. The van der Waals surface area contributed by atoms with Crippen LogP contribution in [-0.4, -0.2) is 45.3 Å². The minimum Gasteiger partial charge on any atom is -0.368 e. The number of hydrogen-bond acceptors (Lipinski definition) is 4. The summed E-state index contributed by atoms with van der Waals surface area (Å²) in [4.78, 5) is 19.1. The van der Waals surface area contributed by atoms with Crippen molar-refractivity contribution >= 4 is 5.91 Å². The third-order valence-electron chi connectivity index (χ3n) is 5.34. The SMILES string of the molecule is Cn1cc(-c2ccc([C@@H]3CN(C(=O)CCCc4ccc(F)cc4)CCO3)nc2)cn1. The minimum absolute atomic E-state index is 0.123. The van der Waals surface area contributed by atoms with Gasteiger partial charge in [0.25, 0.3) is 0 Å². The van der Waals surface area contributed by atoms with Crippen LogP contribution in [0, 0.1) is 5.82 Å². The van der Waals surface area contributed by atoms with E-state index >= 15 is 0 Å². The van der Waals surface area contributed by atoms with Crippen LogP contribution in [0.5, 0.6) is 0 Å². The highest BCUT2D eigenvalue weighted by Crippen LogP contribution is 2.24. The molecule has 30 heavy (non-hydrogen) atoms. The van der Waals surface area contributed by atoms with Gasteiger partial charge in [-0.3, -0.25) is 14.5 Å². The molecule has 3 heterocycles. The summed E-state index contributed by atoms with van der Waals surface area (Å²) < 4.78 is 20.6. The number of nitrogens with zero attached hydrogens (tertiary/aromatic N) is 4. The van der Waals surface area contributed by atoms with Crippen LogP contribution in [0.4, 0.5) is 4.39 Å². The van der Waals surface area contributed by atoms with E-state index in [4.69, 9.17) is 4.74 Å². The van der Waals surface area contributed by atoms with E-state index in [9.17, 15) is 9.18 Å². The first-order chi connectivity index (χ1) is 14.6. The maximum absolute atomic E-state index is 13.0. The lowest BCUT2D eigenvalue weighted by Crippen LogP contribution is -2.42. The second-order valence-electron chi connectivity index (χ2n) is 7.55. The van der Waals surface area contributed by atoms with E-state index in [1.165, 1.54) is 12.1 Å². The Kier molecular flexibility index (Phi) is 6.18. The zero-order chi connectivity index (χ0) is 20.9. The molecule has 1 fully saturated rings. The highest BCUT2D eigenvalue weighted by atomic mass is 19.1. The Labute approximate surface area is 175 Å². The molecule has 1 aliphatic rings. The van der Waals surface area contributed by atoms with Crippen molar-refractivity contribution in [1.29, 1.82) is 0 Å². The van der Waals surface area contributed by atoms with Crippen molar-refractivity contribution in [2.45, 2.75) is 25.4 Å². The molecule has 1 aromatic carbocycles.